The van der Waals surface area contributed by atoms with Gasteiger partial charge in [0.2, 0.25) is 0 Å². The maximum atomic E-state index is 13.8. The summed E-state index contributed by atoms with van der Waals surface area (Å²) in [5.41, 5.74) is 1.38. The van der Waals surface area contributed by atoms with Crippen LogP contribution in [0, 0.1) is 5.82 Å². The zero-order valence-corrected chi connectivity index (χ0v) is 15.4. The third kappa shape index (κ3) is 3.06. The summed E-state index contributed by atoms with van der Waals surface area (Å²) < 4.78 is 16.3. The normalized spacial score (nSPS) is 15.7. The third-order valence-electron chi connectivity index (χ3n) is 4.59. The van der Waals surface area contributed by atoms with Gasteiger partial charge in [-0.1, -0.05) is 12.1 Å². The summed E-state index contributed by atoms with van der Waals surface area (Å²) in [6, 6.07) is 7.06. The van der Waals surface area contributed by atoms with Crippen LogP contribution in [-0.2, 0) is 7.05 Å². The monoisotopic (exact) mass is 404 g/mol. The molecule has 0 spiro atoms. The fraction of sp³-hybridized carbons (Fsp3) is 0.353. The van der Waals surface area contributed by atoms with Crippen LogP contribution in [0.5, 0.6) is 0 Å². The molecule has 0 aliphatic carbocycles. The minimum Gasteiger partial charge on any atom is -0.380 e. The number of nitrogens with one attached hydrogen (secondary N) is 1. The molecule has 130 valence electrons. The number of anilines is 2. The highest BCUT2D eigenvalue weighted by atomic mass is 79.9. The van der Waals surface area contributed by atoms with Gasteiger partial charge in [-0.3, -0.25) is 0 Å². The smallest absolute Gasteiger partial charge is 0.164 e. The number of benzene rings is 1. The van der Waals surface area contributed by atoms with Gasteiger partial charge < -0.3 is 10.2 Å². The summed E-state index contributed by atoms with van der Waals surface area (Å²) in [4.78, 5) is 11.0. The van der Waals surface area contributed by atoms with E-state index in [1.165, 1.54) is 6.07 Å². The van der Waals surface area contributed by atoms with Crippen LogP contribution < -0.4 is 10.2 Å². The molecule has 0 bridgehead atoms. The zero-order valence-electron chi connectivity index (χ0n) is 13.8. The number of nitrogens with zero attached hydrogens (tertiary/aromatic N) is 5. The highest BCUT2D eigenvalue weighted by Gasteiger charge is 2.24. The minimum atomic E-state index is -0.207. The van der Waals surface area contributed by atoms with Crippen molar-refractivity contribution in [1.82, 2.24) is 19.7 Å². The molecule has 1 aliphatic rings. The van der Waals surface area contributed by atoms with Crippen molar-refractivity contribution in [3.05, 3.63) is 41.0 Å². The Hall–Kier alpha value is -2.22. The van der Waals surface area contributed by atoms with Crippen molar-refractivity contribution >= 4 is 38.5 Å². The summed E-state index contributed by atoms with van der Waals surface area (Å²) in [6.45, 7) is 1.69. The molecule has 4 rings (SSSR count). The van der Waals surface area contributed by atoms with E-state index in [-0.39, 0.29) is 11.9 Å². The second kappa shape index (κ2) is 6.59. The van der Waals surface area contributed by atoms with Gasteiger partial charge in [0.25, 0.3) is 0 Å². The van der Waals surface area contributed by atoms with Crippen molar-refractivity contribution in [2.75, 3.05) is 23.3 Å². The van der Waals surface area contributed by atoms with Gasteiger partial charge >= 0.3 is 0 Å². The Kier molecular flexibility index (Phi) is 4.29. The highest BCUT2D eigenvalue weighted by molar-refractivity contribution is 9.10. The minimum absolute atomic E-state index is 0.207. The van der Waals surface area contributed by atoms with Gasteiger partial charge in [0.1, 0.15) is 22.6 Å². The first kappa shape index (κ1) is 16.3. The number of fused-ring (bicyclic) bond motifs is 1. The average molecular weight is 405 g/mol. The first-order valence-electron chi connectivity index (χ1n) is 8.22. The Morgan fingerprint density at radius 2 is 1.96 bits per heavy atom. The van der Waals surface area contributed by atoms with E-state index in [1.54, 1.807) is 23.1 Å². The van der Waals surface area contributed by atoms with E-state index in [1.807, 2.05) is 13.1 Å². The Morgan fingerprint density at radius 3 is 2.72 bits per heavy atom. The molecule has 3 heterocycles. The zero-order chi connectivity index (χ0) is 17.4. The van der Waals surface area contributed by atoms with Gasteiger partial charge in [-0.25, -0.2) is 19.0 Å². The Balaban J connectivity index is 1.50. The number of aryl methyl sites for hydroxylation is 1. The molecule has 0 unspecified atom stereocenters. The van der Waals surface area contributed by atoms with E-state index < -0.39 is 0 Å². The topological polar surface area (TPSA) is 58.9 Å². The first-order valence-corrected chi connectivity index (χ1v) is 9.02. The average Bonchev–Trinajstić information content (AvgIpc) is 2.92. The number of para-hydroxylation sites is 1. The van der Waals surface area contributed by atoms with E-state index >= 15 is 0 Å². The molecular formula is C17H18BrFN6. The highest BCUT2D eigenvalue weighted by Crippen LogP contribution is 2.31. The summed E-state index contributed by atoms with van der Waals surface area (Å²) >= 11 is 3.51. The second-order valence-electron chi connectivity index (χ2n) is 6.20. The first-order chi connectivity index (χ1) is 12.1. The van der Waals surface area contributed by atoms with Crippen LogP contribution >= 0.6 is 15.9 Å². The van der Waals surface area contributed by atoms with E-state index in [0.717, 1.165) is 47.4 Å². The largest absolute Gasteiger partial charge is 0.380 e. The molecule has 1 N–H and O–H groups in total. The molecule has 0 atom stereocenters. The fourth-order valence-electron chi connectivity index (χ4n) is 3.30. The SMILES string of the molecule is Cn1nc(Br)c2c(N3CCC(Nc4ccccc4F)CC3)ncnc21. The molecule has 2 aromatic heterocycles. The molecule has 0 amide bonds. The van der Waals surface area contributed by atoms with Crippen LogP contribution in [0.2, 0.25) is 0 Å². The summed E-state index contributed by atoms with van der Waals surface area (Å²) in [5.74, 6) is 0.691. The van der Waals surface area contributed by atoms with E-state index in [0.29, 0.717) is 5.69 Å². The number of piperidine rings is 1. The number of hydrogen-bond acceptors (Lipinski definition) is 5. The van der Waals surface area contributed by atoms with Crippen molar-refractivity contribution in [1.29, 1.82) is 0 Å². The molecule has 6 nitrogen and oxygen atoms in total. The summed E-state index contributed by atoms with van der Waals surface area (Å²) in [7, 11) is 1.87. The standard InChI is InChI=1S/C17H18BrFN6/c1-24-16-14(15(18)23-24)17(21-10-20-16)25-8-6-11(7-9-25)22-13-5-3-2-4-12(13)19/h2-5,10-11,22H,6-9H2,1H3. The molecule has 1 saturated heterocycles. The molecule has 3 aromatic rings. The van der Waals surface area contributed by atoms with Crippen molar-refractivity contribution in [3.63, 3.8) is 0 Å². The van der Waals surface area contributed by atoms with E-state index in [4.69, 9.17) is 0 Å². The summed E-state index contributed by atoms with van der Waals surface area (Å²) in [5, 5.41) is 8.63. The number of hydrogen-bond donors (Lipinski definition) is 1. The lowest BCUT2D eigenvalue weighted by atomic mass is 10.0. The van der Waals surface area contributed by atoms with Gasteiger partial charge in [-0.05, 0) is 40.9 Å². The number of halogens is 2. The molecule has 1 fully saturated rings. The van der Waals surface area contributed by atoms with Crippen LogP contribution in [0.25, 0.3) is 11.0 Å². The quantitative estimate of drug-likeness (QED) is 0.725. The number of rotatable bonds is 3. The van der Waals surface area contributed by atoms with Crippen LogP contribution in [0.3, 0.4) is 0 Å². The van der Waals surface area contributed by atoms with Crippen LogP contribution in [0.1, 0.15) is 12.8 Å². The van der Waals surface area contributed by atoms with Crippen molar-refractivity contribution in [2.45, 2.75) is 18.9 Å². The van der Waals surface area contributed by atoms with Crippen molar-refractivity contribution in [2.24, 2.45) is 7.05 Å². The van der Waals surface area contributed by atoms with Gasteiger partial charge in [-0.15, -0.1) is 0 Å². The Morgan fingerprint density at radius 1 is 1.20 bits per heavy atom. The lowest BCUT2D eigenvalue weighted by Crippen LogP contribution is -2.39. The van der Waals surface area contributed by atoms with Crippen molar-refractivity contribution < 1.29 is 4.39 Å². The van der Waals surface area contributed by atoms with Gasteiger partial charge in [0, 0.05) is 26.2 Å². The van der Waals surface area contributed by atoms with Crippen LogP contribution in [0.4, 0.5) is 15.9 Å². The molecule has 0 radical (unpaired) electrons. The predicted octanol–water partition coefficient (Wildman–Crippen LogP) is 3.35. The van der Waals surface area contributed by atoms with Gasteiger partial charge in [0.05, 0.1) is 11.1 Å². The lowest BCUT2D eigenvalue weighted by molar-refractivity contribution is 0.520. The van der Waals surface area contributed by atoms with Crippen LogP contribution in [0.15, 0.2) is 35.2 Å². The van der Waals surface area contributed by atoms with E-state index in [2.05, 4.69) is 41.2 Å². The molecule has 25 heavy (non-hydrogen) atoms. The summed E-state index contributed by atoms with van der Waals surface area (Å²) in [6.07, 6.45) is 3.41. The lowest BCUT2D eigenvalue weighted by Gasteiger charge is -2.33. The van der Waals surface area contributed by atoms with Gasteiger partial charge in [-0.2, -0.15) is 5.10 Å². The molecular weight excluding hydrogens is 387 g/mol. The molecule has 0 saturated carbocycles. The molecule has 1 aromatic carbocycles. The van der Waals surface area contributed by atoms with Crippen molar-refractivity contribution in [3.8, 4) is 0 Å². The second-order valence-corrected chi connectivity index (χ2v) is 6.95. The third-order valence-corrected chi connectivity index (χ3v) is 5.14. The molecule has 8 heteroatoms. The van der Waals surface area contributed by atoms with E-state index in [9.17, 15) is 4.39 Å². The van der Waals surface area contributed by atoms with Gasteiger partial charge in [0.15, 0.2) is 5.65 Å². The maximum absolute atomic E-state index is 13.8. The molecule has 1 aliphatic heterocycles. The van der Waals surface area contributed by atoms with Crippen LogP contribution in [-0.4, -0.2) is 38.9 Å². The fourth-order valence-corrected chi connectivity index (χ4v) is 3.89. The Labute approximate surface area is 153 Å². The maximum Gasteiger partial charge on any atom is 0.164 e. The Bertz CT molecular complexity index is 903. The number of aromatic nitrogens is 4. The predicted molar refractivity (Wildman–Crippen MR) is 99.3 cm³/mol.